The van der Waals surface area contributed by atoms with E-state index in [2.05, 4.69) is 66.6 Å². The number of nitrogens with zero attached hydrogens (tertiary/aromatic N) is 1. The van der Waals surface area contributed by atoms with Crippen molar-refractivity contribution in [2.45, 2.75) is 195 Å². The fourth-order valence-corrected chi connectivity index (χ4v) is 11.7. The number of ether oxygens (including phenoxy) is 3. The molecule has 0 bridgehead atoms. The SMILES string of the molecule is CCCCCCCOCC(COCCCCCCCCOC1CC[C@@]2(C)C(=CC[C@H]3[C@@H]4CC[C@H]([C@H](C)CCCC(C)C)[C@@]4(C)CC[C@@H]32)C1)N(C)C. The Balaban J connectivity index is 1.06. The van der Waals surface area contributed by atoms with Crippen LogP contribution in [-0.2, 0) is 14.2 Å². The first kappa shape index (κ1) is 43.3. The van der Waals surface area contributed by atoms with Crippen LogP contribution in [0.2, 0.25) is 0 Å². The van der Waals surface area contributed by atoms with E-state index in [0.717, 1.165) is 68.5 Å². The molecule has 0 saturated heterocycles. The average molecular weight is 714 g/mol. The highest BCUT2D eigenvalue weighted by atomic mass is 16.5. The van der Waals surface area contributed by atoms with E-state index in [0.29, 0.717) is 23.0 Å². The summed E-state index contributed by atoms with van der Waals surface area (Å²) < 4.78 is 18.6. The first-order valence-electron chi connectivity index (χ1n) is 22.7. The number of unbranched alkanes of at least 4 members (excludes halogenated alkanes) is 9. The summed E-state index contributed by atoms with van der Waals surface area (Å²) in [7, 11) is 4.28. The van der Waals surface area contributed by atoms with Crippen LogP contribution in [0.15, 0.2) is 11.6 Å². The number of rotatable bonds is 26. The Morgan fingerprint density at radius 3 is 2.02 bits per heavy atom. The molecule has 3 saturated carbocycles. The van der Waals surface area contributed by atoms with Gasteiger partial charge in [0.25, 0.3) is 0 Å². The Morgan fingerprint density at radius 1 is 0.725 bits per heavy atom. The summed E-state index contributed by atoms with van der Waals surface area (Å²) in [6.07, 6.45) is 32.7. The maximum absolute atomic E-state index is 6.57. The van der Waals surface area contributed by atoms with E-state index < -0.39 is 0 Å². The van der Waals surface area contributed by atoms with E-state index in [-0.39, 0.29) is 0 Å². The van der Waals surface area contributed by atoms with Crippen LogP contribution in [-0.4, -0.2) is 64.2 Å². The van der Waals surface area contributed by atoms with Gasteiger partial charge in [-0.3, -0.25) is 0 Å². The van der Waals surface area contributed by atoms with Gasteiger partial charge >= 0.3 is 0 Å². The zero-order valence-corrected chi connectivity index (χ0v) is 35.5. The van der Waals surface area contributed by atoms with Crippen LogP contribution in [0.3, 0.4) is 0 Å². The lowest BCUT2D eigenvalue weighted by molar-refractivity contribution is -0.0641. The topological polar surface area (TPSA) is 30.9 Å². The molecule has 0 aromatic rings. The molecule has 4 aliphatic rings. The van der Waals surface area contributed by atoms with Crippen molar-refractivity contribution in [1.29, 1.82) is 0 Å². The van der Waals surface area contributed by atoms with Crippen LogP contribution >= 0.6 is 0 Å². The van der Waals surface area contributed by atoms with Crippen molar-refractivity contribution in [1.82, 2.24) is 4.90 Å². The number of hydrogen-bond donors (Lipinski definition) is 0. The Morgan fingerprint density at radius 2 is 1.37 bits per heavy atom. The maximum atomic E-state index is 6.57. The molecule has 0 N–H and O–H groups in total. The highest BCUT2D eigenvalue weighted by molar-refractivity contribution is 5.25. The number of hydrogen-bond acceptors (Lipinski definition) is 4. The van der Waals surface area contributed by atoms with E-state index >= 15 is 0 Å². The molecule has 4 aliphatic carbocycles. The first-order chi connectivity index (χ1) is 24.6. The van der Waals surface area contributed by atoms with Crippen molar-refractivity contribution < 1.29 is 14.2 Å². The van der Waals surface area contributed by atoms with Gasteiger partial charge in [0.2, 0.25) is 0 Å². The summed E-state index contributed by atoms with van der Waals surface area (Å²) >= 11 is 0. The molecule has 0 radical (unpaired) electrons. The third-order valence-corrected chi connectivity index (χ3v) is 15.0. The van der Waals surface area contributed by atoms with E-state index in [1.54, 1.807) is 5.57 Å². The second-order valence-electron chi connectivity index (χ2n) is 19.3. The molecule has 0 heterocycles. The summed E-state index contributed by atoms with van der Waals surface area (Å²) in [5.41, 5.74) is 2.81. The van der Waals surface area contributed by atoms with Gasteiger partial charge in [0.05, 0.1) is 25.4 Å². The van der Waals surface area contributed by atoms with Crippen LogP contribution < -0.4 is 0 Å². The Bertz CT molecular complexity index is 979. The highest BCUT2D eigenvalue weighted by Gasteiger charge is 2.59. The predicted octanol–water partition coefficient (Wildman–Crippen LogP) is 12.7. The minimum atomic E-state index is 0.353. The van der Waals surface area contributed by atoms with Crippen molar-refractivity contribution in [2.75, 3.05) is 47.1 Å². The monoisotopic (exact) mass is 714 g/mol. The molecule has 4 heteroatoms. The summed E-state index contributed by atoms with van der Waals surface area (Å²) in [4.78, 5) is 2.25. The lowest BCUT2D eigenvalue weighted by atomic mass is 9.47. The minimum Gasteiger partial charge on any atom is -0.380 e. The Labute approximate surface area is 318 Å². The lowest BCUT2D eigenvalue weighted by Gasteiger charge is -2.58. The average Bonchev–Trinajstić information content (AvgIpc) is 3.46. The molecule has 9 atom stereocenters. The van der Waals surface area contributed by atoms with Gasteiger partial charge in [-0.25, -0.2) is 0 Å². The molecule has 0 amide bonds. The quantitative estimate of drug-likeness (QED) is 0.0659. The van der Waals surface area contributed by atoms with Crippen LogP contribution in [0.1, 0.15) is 183 Å². The molecule has 2 unspecified atom stereocenters. The zero-order valence-electron chi connectivity index (χ0n) is 35.5. The van der Waals surface area contributed by atoms with Crippen molar-refractivity contribution >= 4 is 0 Å². The molecule has 0 aromatic heterocycles. The number of allylic oxidation sites excluding steroid dienone is 1. The largest absolute Gasteiger partial charge is 0.380 e. The van der Waals surface area contributed by atoms with E-state index in [1.807, 2.05) is 0 Å². The molecule has 4 rings (SSSR count). The molecular formula is C47H87NO3. The summed E-state index contributed by atoms with van der Waals surface area (Å²) in [5.74, 6) is 5.51. The van der Waals surface area contributed by atoms with Gasteiger partial charge in [0.1, 0.15) is 0 Å². The molecule has 3 fully saturated rings. The van der Waals surface area contributed by atoms with Gasteiger partial charge in [0.15, 0.2) is 0 Å². The van der Waals surface area contributed by atoms with Gasteiger partial charge in [-0.2, -0.15) is 0 Å². The fourth-order valence-electron chi connectivity index (χ4n) is 11.7. The molecule has 51 heavy (non-hydrogen) atoms. The second-order valence-corrected chi connectivity index (χ2v) is 19.3. The van der Waals surface area contributed by atoms with Crippen LogP contribution in [0, 0.1) is 46.3 Å². The van der Waals surface area contributed by atoms with E-state index in [9.17, 15) is 0 Å². The highest BCUT2D eigenvalue weighted by Crippen LogP contribution is 2.67. The van der Waals surface area contributed by atoms with Gasteiger partial charge in [-0.15, -0.1) is 0 Å². The smallest absolute Gasteiger partial charge is 0.0644 e. The lowest BCUT2D eigenvalue weighted by Crippen LogP contribution is -2.51. The number of fused-ring (bicyclic) bond motifs is 5. The van der Waals surface area contributed by atoms with Gasteiger partial charge in [-0.05, 0) is 131 Å². The Kier molecular flexibility index (Phi) is 18.9. The first-order valence-corrected chi connectivity index (χ1v) is 22.7. The normalized spacial score (nSPS) is 31.7. The number of likely N-dealkylation sites (N-methyl/N-ethyl adjacent to an activating group) is 1. The summed E-state index contributed by atoms with van der Waals surface area (Å²) in [5, 5.41) is 0. The van der Waals surface area contributed by atoms with Crippen LogP contribution in [0.4, 0.5) is 0 Å². The van der Waals surface area contributed by atoms with Crippen LogP contribution in [0.25, 0.3) is 0 Å². The van der Waals surface area contributed by atoms with Gasteiger partial charge in [0, 0.05) is 19.8 Å². The fraction of sp³-hybridized carbons (Fsp3) is 0.957. The molecule has 4 nitrogen and oxygen atoms in total. The minimum absolute atomic E-state index is 0.353. The maximum Gasteiger partial charge on any atom is 0.0644 e. The van der Waals surface area contributed by atoms with Crippen molar-refractivity contribution in [2.24, 2.45) is 46.3 Å². The Hall–Kier alpha value is -0.420. The molecule has 298 valence electrons. The van der Waals surface area contributed by atoms with Crippen LogP contribution in [0.5, 0.6) is 0 Å². The third-order valence-electron chi connectivity index (χ3n) is 15.0. The molecule has 0 spiro atoms. The van der Waals surface area contributed by atoms with E-state index in [4.69, 9.17) is 14.2 Å². The van der Waals surface area contributed by atoms with Gasteiger partial charge < -0.3 is 19.1 Å². The van der Waals surface area contributed by atoms with Gasteiger partial charge in [-0.1, -0.05) is 124 Å². The predicted molar refractivity (Wildman–Crippen MR) is 218 cm³/mol. The molecular weight excluding hydrogens is 627 g/mol. The molecule has 0 aromatic carbocycles. The van der Waals surface area contributed by atoms with Crippen molar-refractivity contribution in [3.8, 4) is 0 Å². The van der Waals surface area contributed by atoms with Crippen molar-refractivity contribution in [3.63, 3.8) is 0 Å². The van der Waals surface area contributed by atoms with Crippen molar-refractivity contribution in [3.05, 3.63) is 11.6 Å². The second kappa shape index (κ2) is 22.2. The third kappa shape index (κ3) is 12.5. The van der Waals surface area contributed by atoms with E-state index in [1.165, 1.54) is 141 Å². The summed E-state index contributed by atoms with van der Waals surface area (Å²) in [6, 6.07) is 0.353. The summed E-state index contributed by atoms with van der Waals surface area (Å²) in [6.45, 7) is 19.3. The zero-order chi connectivity index (χ0) is 36.7. The molecule has 0 aliphatic heterocycles. The standard InChI is InChI=1S/C47H87NO3/c1-9-10-11-14-17-31-49-35-40(48(7)8)36-50-32-18-15-12-13-16-19-33-51-41-27-29-46(5)39(34-41)23-24-42-44-26-25-43(38(4)22-20-21-37(2)3)47(44,6)30-28-45(42)46/h23,37-38,40-45H,9-22,24-36H2,1-8H3/t38-,40?,41?,42+,43-,44+,45+,46+,47-/m1/s1.